The summed E-state index contributed by atoms with van der Waals surface area (Å²) in [6.45, 7) is 7.42. The third-order valence-electron chi connectivity index (χ3n) is 1.13. The number of alkyl halides is 1. The molecule has 2 heteroatoms. The first-order valence-electron chi connectivity index (χ1n) is 3.55. The zero-order valence-electron chi connectivity index (χ0n) is 6.48. The van der Waals surface area contributed by atoms with Crippen LogP contribution in [0, 0.1) is 5.92 Å². The van der Waals surface area contributed by atoms with Crippen molar-refractivity contribution in [1.29, 1.82) is 0 Å². The van der Waals surface area contributed by atoms with Crippen molar-refractivity contribution in [1.82, 2.24) is 0 Å². The third kappa shape index (κ3) is 6.30. The summed E-state index contributed by atoms with van der Waals surface area (Å²) in [6.07, 6.45) is 2.83. The van der Waals surface area contributed by atoms with Crippen molar-refractivity contribution >= 4 is 15.9 Å². The Balaban J connectivity index is 2.95. The first-order valence-corrected chi connectivity index (χ1v) is 4.68. The Hall–Kier alpha value is 0.180. The van der Waals surface area contributed by atoms with Crippen molar-refractivity contribution in [2.45, 2.75) is 13.3 Å². The van der Waals surface area contributed by atoms with Gasteiger partial charge in [0.2, 0.25) is 0 Å². The SMILES string of the molecule is C=CCCOCC(C)CBr. The van der Waals surface area contributed by atoms with Gasteiger partial charge < -0.3 is 4.74 Å². The molecule has 0 bridgehead atoms. The van der Waals surface area contributed by atoms with E-state index in [1.807, 2.05) is 6.08 Å². The fourth-order valence-corrected chi connectivity index (χ4v) is 0.683. The Labute approximate surface area is 71.6 Å². The Kier molecular flexibility index (Phi) is 7.42. The number of hydrogen-bond donors (Lipinski definition) is 0. The van der Waals surface area contributed by atoms with Gasteiger partial charge in [0, 0.05) is 11.9 Å². The van der Waals surface area contributed by atoms with Crippen LogP contribution in [0.25, 0.3) is 0 Å². The molecule has 0 aliphatic rings. The average Bonchev–Trinajstić information content (AvgIpc) is 1.98. The molecular weight excluding hydrogens is 192 g/mol. The van der Waals surface area contributed by atoms with Gasteiger partial charge in [-0.15, -0.1) is 6.58 Å². The zero-order valence-corrected chi connectivity index (χ0v) is 8.06. The molecule has 1 nitrogen and oxygen atoms in total. The Morgan fingerprint density at radius 1 is 1.70 bits per heavy atom. The predicted molar refractivity (Wildman–Crippen MR) is 48.6 cm³/mol. The topological polar surface area (TPSA) is 9.23 Å². The number of hydrogen-bond acceptors (Lipinski definition) is 1. The summed E-state index contributed by atoms with van der Waals surface area (Å²) in [5, 5.41) is 1.01. The van der Waals surface area contributed by atoms with E-state index in [2.05, 4.69) is 29.4 Å². The quantitative estimate of drug-likeness (QED) is 0.369. The van der Waals surface area contributed by atoms with Crippen molar-refractivity contribution in [3.63, 3.8) is 0 Å². The van der Waals surface area contributed by atoms with Crippen LogP contribution < -0.4 is 0 Å². The fraction of sp³-hybridized carbons (Fsp3) is 0.750. The third-order valence-corrected chi connectivity index (χ3v) is 2.24. The van der Waals surface area contributed by atoms with E-state index in [-0.39, 0.29) is 0 Å². The van der Waals surface area contributed by atoms with Crippen LogP contribution in [0.3, 0.4) is 0 Å². The lowest BCUT2D eigenvalue weighted by Crippen LogP contribution is -2.07. The molecule has 10 heavy (non-hydrogen) atoms. The van der Waals surface area contributed by atoms with Gasteiger partial charge in [-0.25, -0.2) is 0 Å². The summed E-state index contributed by atoms with van der Waals surface area (Å²) in [6, 6.07) is 0. The van der Waals surface area contributed by atoms with Gasteiger partial charge in [-0.2, -0.15) is 0 Å². The van der Waals surface area contributed by atoms with Crippen molar-refractivity contribution in [2.24, 2.45) is 5.92 Å². The van der Waals surface area contributed by atoms with Crippen LogP contribution in [-0.4, -0.2) is 18.5 Å². The highest BCUT2D eigenvalue weighted by molar-refractivity contribution is 9.09. The molecule has 0 amide bonds. The van der Waals surface area contributed by atoms with E-state index in [4.69, 9.17) is 4.74 Å². The van der Waals surface area contributed by atoms with Gasteiger partial charge >= 0.3 is 0 Å². The van der Waals surface area contributed by atoms with E-state index in [1.165, 1.54) is 0 Å². The minimum atomic E-state index is 0.616. The molecule has 0 saturated heterocycles. The van der Waals surface area contributed by atoms with E-state index in [0.29, 0.717) is 5.92 Å². The summed E-state index contributed by atoms with van der Waals surface area (Å²) in [4.78, 5) is 0. The van der Waals surface area contributed by atoms with E-state index in [0.717, 1.165) is 25.0 Å². The number of rotatable bonds is 6. The van der Waals surface area contributed by atoms with Crippen LogP contribution in [-0.2, 0) is 4.74 Å². The highest BCUT2D eigenvalue weighted by Crippen LogP contribution is 2.00. The molecule has 0 aliphatic carbocycles. The van der Waals surface area contributed by atoms with Gasteiger partial charge in [0.05, 0.1) is 6.61 Å². The molecule has 0 aromatic carbocycles. The van der Waals surface area contributed by atoms with Crippen molar-refractivity contribution < 1.29 is 4.74 Å². The van der Waals surface area contributed by atoms with Gasteiger partial charge in [-0.3, -0.25) is 0 Å². The minimum absolute atomic E-state index is 0.616. The second-order valence-corrected chi connectivity index (χ2v) is 3.06. The lowest BCUT2D eigenvalue weighted by atomic mass is 10.2. The largest absolute Gasteiger partial charge is 0.381 e. The number of halogens is 1. The molecule has 0 rings (SSSR count). The molecule has 0 fully saturated rings. The highest BCUT2D eigenvalue weighted by Gasteiger charge is 1.97. The van der Waals surface area contributed by atoms with E-state index >= 15 is 0 Å². The van der Waals surface area contributed by atoms with E-state index < -0.39 is 0 Å². The van der Waals surface area contributed by atoms with Gasteiger partial charge in [0.1, 0.15) is 0 Å². The summed E-state index contributed by atoms with van der Waals surface area (Å²) < 4.78 is 5.33. The molecule has 0 aliphatic heterocycles. The van der Waals surface area contributed by atoms with Gasteiger partial charge in [0.25, 0.3) is 0 Å². The maximum absolute atomic E-state index is 5.33. The molecule has 0 heterocycles. The second kappa shape index (κ2) is 7.29. The van der Waals surface area contributed by atoms with Gasteiger partial charge in [-0.05, 0) is 12.3 Å². The van der Waals surface area contributed by atoms with Crippen LogP contribution in [0.2, 0.25) is 0 Å². The van der Waals surface area contributed by atoms with Crippen LogP contribution in [0.1, 0.15) is 13.3 Å². The number of ether oxygens (including phenoxy) is 1. The molecule has 1 atom stereocenters. The molecular formula is C8H15BrO. The van der Waals surface area contributed by atoms with Crippen LogP contribution in [0.4, 0.5) is 0 Å². The maximum Gasteiger partial charge on any atom is 0.0500 e. The van der Waals surface area contributed by atoms with E-state index in [1.54, 1.807) is 0 Å². The lowest BCUT2D eigenvalue weighted by molar-refractivity contribution is 0.115. The van der Waals surface area contributed by atoms with Gasteiger partial charge in [-0.1, -0.05) is 28.9 Å². The summed E-state index contributed by atoms with van der Waals surface area (Å²) >= 11 is 3.38. The minimum Gasteiger partial charge on any atom is -0.381 e. The molecule has 0 radical (unpaired) electrons. The maximum atomic E-state index is 5.33. The second-order valence-electron chi connectivity index (χ2n) is 2.41. The molecule has 0 spiro atoms. The first-order chi connectivity index (χ1) is 4.81. The molecule has 1 unspecified atom stereocenters. The molecule has 0 aromatic rings. The first kappa shape index (κ1) is 10.2. The Bertz CT molecular complexity index is 83.3. The van der Waals surface area contributed by atoms with Crippen molar-refractivity contribution in [3.8, 4) is 0 Å². The van der Waals surface area contributed by atoms with Crippen LogP contribution in [0.15, 0.2) is 12.7 Å². The van der Waals surface area contributed by atoms with Crippen molar-refractivity contribution in [3.05, 3.63) is 12.7 Å². The highest BCUT2D eigenvalue weighted by atomic mass is 79.9. The predicted octanol–water partition coefficient (Wildman–Crippen LogP) is 2.61. The monoisotopic (exact) mass is 206 g/mol. The lowest BCUT2D eigenvalue weighted by Gasteiger charge is -2.06. The Morgan fingerprint density at radius 3 is 2.90 bits per heavy atom. The van der Waals surface area contributed by atoms with Gasteiger partial charge in [0.15, 0.2) is 0 Å². The summed E-state index contributed by atoms with van der Waals surface area (Å²) in [7, 11) is 0. The summed E-state index contributed by atoms with van der Waals surface area (Å²) in [5.41, 5.74) is 0. The smallest absolute Gasteiger partial charge is 0.0500 e. The van der Waals surface area contributed by atoms with Crippen molar-refractivity contribution in [2.75, 3.05) is 18.5 Å². The normalized spacial score (nSPS) is 13.0. The molecule has 60 valence electrons. The van der Waals surface area contributed by atoms with Crippen LogP contribution >= 0.6 is 15.9 Å². The molecule has 0 aromatic heterocycles. The molecule has 0 saturated carbocycles. The summed E-state index contributed by atoms with van der Waals surface area (Å²) in [5.74, 6) is 0.616. The standard InChI is InChI=1S/C8H15BrO/c1-3-4-5-10-7-8(2)6-9/h3,8H,1,4-7H2,2H3. The molecule has 0 N–H and O–H groups in total. The Morgan fingerprint density at radius 2 is 2.40 bits per heavy atom. The van der Waals surface area contributed by atoms with E-state index in [9.17, 15) is 0 Å². The van der Waals surface area contributed by atoms with Crippen LogP contribution in [0.5, 0.6) is 0 Å². The fourth-order valence-electron chi connectivity index (χ4n) is 0.496. The zero-order chi connectivity index (χ0) is 7.82. The average molecular weight is 207 g/mol.